The first-order valence-electron chi connectivity index (χ1n) is 7.13. The number of rotatable bonds is 5. The van der Waals surface area contributed by atoms with Crippen LogP contribution in [0.15, 0.2) is 55.6 Å². The second-order valence-electron chi connectivity index (χ2n) is 5.78. The maximum Gasteiger partial charge on any atom is 0.107 e. The molecule has 2 heteroatoms. The Morgan fingerprint density at radius 3 is 2.30 bits per heavy atom. The molecule has 2 nitrogen and oxygen atoms in total. The zero-order valence-corrected chi connectivity index (χ0v) is 12.5. The first-order valence-corrected chi connectivity index (χ1v) is 7.13. The van der Waals surface area contributed by atoms with Crippen LogP contribution in [0.4, 0.5) is 0 Å². The Balaban J connectivity index is 2.26. The highest BCUT2D eigenvalue weighted by Crippen LogP contribution is 2.44. The summed E-state index contributed by atoms with van der Waals surface area (Å²) in [4.78, 5) is 0. The second kappa shape index (κ2) is 5.94. The van der Waals surface area contributed by atoms with Crippen molar-refractivity contribution >= 4 is 0 Å². The van der Waals surface area contributed by atoms with Gasteiger partial charge in [-0.15, -0.1) is 13.2 Å². The van der Waals surface area contributed by atoms with Crippen LogP contribution in [0.1, 0.15) is 38.4 Å². The molecule has 0 amide bonds. The van der Waals surface area contributed by atoms with Gasteiger partial charge in [-0.25, -0.2) is 0 Å². The predicted octanol–water partition coefficient (Wildman–Crippen LogP) is 4.44. The molecule has 0 spiro atoms. The van der Waals surface area contributed by atoms with Crippen LogP contribution in [0.2, 0.25) is 0 Å². The third-order valence-electron chi connectivity index (χ3n) is 4.31. The Labute approximate surface area is 122 Å². The fourth-order valence-electron chi connectivity index (χ4n) is 2.81. The lowest BCUT2D eigenvalue weighted by Crippen LogP contribution is -2.58. The van der Waals surface area contributed by atoms with Crippen molar-refractivity contribution < 1.29 is 9.47 Å². The molecule has 108 valence electrons. The molecule has 0 aromatic heterocycles. The molecule has 20 heavy (non-hydrogen) atoms. The Bertz CT molecular complexity index is 468. The van der Waals surface area contributed by atoms with E-state index >= 15 is 0 Å². The van der Waals surface area contributed by atoms with Gasteiger partial charge in [0.25, 0.3) is 0 Å². The Morgan fingerprint density at radius 2 is 1.70 bits per heavy atom. The molecule has 1 aromatic carbocycles. The molecule has 1 fully saturated rings. The summed E-state index contributed by atoms with van der Waals surface area (Å²) in [7, 11) is 0. The molecular weight excluding hydrogens is 248 g/mol. The summed E-state index contributed by atoms with van der Waals surface area (Å²) >= 11 is 0. The highest BCUT2D eigenvalue weighted by molar-refractivity contribution is 5.19. The molecule has 3 atom stereocenters. The normalized spacial score (nSPS) is 33.6. The van der Waals surface area contributed by atoms with E-state index in [9.17, 15) is 0 Å². The predicted molar refractivity (Wildman–Crippen MR) is 82.7 cm³/mol. The lowest BCUT2D eigenvalue weighted by atomic mass is 9.79. The number of benzene rings is 1. The van der Waals surface area contributed by atoms with Crippen molar-refractivity contribution in [2.75, 3.05) is 6.61 Å². The smallest absolute Gasteiger partial charge is 0.107 e. The van der Waals surface area contributed by atoms with Gasteiger partial charge >= 0.3 is 0 Å². The zero-order valence-electron chi connectivity index (χ0n) is 12.5. The van der Waals surface area contributed by atoms with E-state index in [4.69, 9.17) is 9.47 Å². The summed E-state index contributed by atoms with van der Waals surface area (Å²) in [6.45, 7) is 12.5. The van der Waals surface area contributed by atoms with E-state index in [-0.39, 0.29) is 11.7 Å². The lowest BCUT2D eigenvalue weighted by Gasteiger charge is -2.51. The van der Waals surface area contributed by atoms with Gasteiger partial charge in [0.15, 0.2) is 0 Å². The maximum atomic E-state index is 6.42. The number of hydrogen-bond donors (Lipinski definition) is 0. The maximum absolute atomic E-state index is 6.42. The van der Waals surface area contributed by atoms with E-state index in [1.807, 2.05) is 30.4 Å². The van der Waals surface area contributed by atoms with Crippen molar-refractivity contribution in [1.82, 2.24) is 0 Å². The van der Waals surface area contributed by atoms with Crippen LogP contribution >= 0.6 is 0 Å². The molecule has 0 bridgehead atoms. The third-order valence-corrected chi connectivity index (χ3v) is 4.31. The Kier molecular flexibility index (Phi) is 4.46. The van der Waals surface area contributed by atoms with Crippen LogP contribution < -0.4 is 0 Å². The van der Waals surface area contributed by atoms with Crippen molar-refractivity contribution in [3.63, 3.8) is 0 Å². The Morgan fingerprint density at radius 1 is 1.10 bits per heavy atom. The molecule has 1 aliphatic rings. The quantitative estimate of drug-likeness (QED) is 0.738. The molecular formula is C18H24O2. The molecule has 0 radical (unpaired) electrons. The standard InChI is InChI=1S/C18H24O2/c1-5-12-17(3)18(4,13-6-2)20-16(14-19-17)15-10-8-7-9-11-15/h5-11,16H,1-2,12-14H2,3-4H3/t16-,17+,18+/m1/s1. The first kappa shape index (κ1) is 15.0. The van der Waals surface area contributed by atoms with Gasteiger partial charge in [-0.2, -0.15) is 0 Å². The van der Waals surface area contributed by atoms with E-state index in [0.717, 1.165) is 18.4 Å². The third kappa shape index (κ3) is 2.72. The van der Waals surface area contributed by atoms with Gasteiger partial charge in [0.1, 0.15) is 6.10 Å². The number of ether oxygens (including phenoxy) is 2. The van der Waals surface area contributed by atoms with Crippen LogP contribution in [-0.2, 0) is 9.47 Å². The molecule has 1 saturated heterocycles. The summed E-state index contributed by atoms with van der Waals surface area (Å²) in [5, 5.41) is 0. The molecule has 0 saturated carbocycles. The summed E-state index contributed by atoms with van der Waals surface area (Å²) in [5.74, 6) is 0. The summed E-state index contributed by atoms with van der Waals surface area (Å²) < 4.78 is 12.6. The number of hydrogen-bond acceptors (Lipinski definition) is 2. The average Bonchev–Trinajstić information content (AvgIpc) is 2.44. The van der Waals surface area contributed by atoms with E-state index in [2.05, 4.69) is 39.1 Å². The fourth-order valence-corrected chi connectivity index (χ4v) is 2.81. The van der Waals surface area contributed by atoms with Crippen LogP contribution in [0.25, 0.3) is 0 Å². The highest BCUT2D eigenvalue weighted by Gasteiger charge is 2.50. The van der Waals surface area contributed by atoms with Gasteiger partial charge in [0.2, 0.25) is 0 Å². The summed E-state index contributed by atoms with van der Waals surface area (Å²) in [6.07, 6.45) is 5.28. The van der Waals surface area contributed by atoms with E-state index in [1.54, 1.807) is 0 Å². The van der Waals surface area contributed by atoms with Gasteiger partial charge in [-0.3, -0.25) is 0 Å². The van der Waals surface area contributed by atoms with E-state index in [1.165, 1.54) is 0 Å². The van der Waals surface area contributed by atoms with Crippen LogP contribution in [0.5, 0.6) is 0 Å². The minimum Gasteiger partial charge on any atom is -0.369 e. The first-order chi connectivity index (χ1) is 9.54. The van der Waals surface area contributed by atoms with Crippen LogP contribution in [0, 0.1) is 0 Å². The van der Waals surface area contributed by atoms with Crippen molar-refractivity contribution in [3.8, 4) is 0 Å². The summed E-state index contributed by atoms with van der Waals surface area (Å²) in [5.41, 5.74) is 0.388. The van der Waals surface area contributed by atoms with Gasteiger partial charge in [-0.1, -0.05) is 42.5 Å². The fraction of sp³-hybridized carbons (Fsp3) is 0.444. The monoisotopic (exact) mass is 272 g/mol. The van der Waals surface area contributed by atoms with Gasteiger partial charge < -0.3 is 9.47 Å². The van der Waals surface area contributed by atoms with Crippen molar-refractivity contribution in [2.24, 2.45) is 0 Å². The van der Waals surface area contributed by atoms with Gasteiger partial charge in [0, 0.05) is 0 Å². The van der Waals surface area contributed by atoms with Gasteiger partial charge in [0.05, 0.1) is 17.8 Å². The van der Waals surface area contributed by atoms with Crippen molar-refractivity contribution in [3.05, 3.63) is 61.2 Å². The SMILES string of the molecule is C=CC[C@]1(C)OC[C@H](c2ccccc2)O[C@@]1(C)CC=C. The van der Waals surface area contributed by atoms with Crippen LogP contribution in [0.3, 0.4) is 0 Å². The van der Waals surface area contributed by atoms with E-state index in [0.29, 0.717) is 6.61 Å². The van der Waals surface area contributed by atoms with Gasteiger partial charge in [-0.05, 0) is 32.3 Å². The molecule has 0 N–H and O–H groups in total. The van der Waals surface area contributed by atoms with Crippen molar-refractivity contribution in [2.45, 2.75) is 44.0 Å². The van der Waals surface area contributed by atoms with Crippen molar-refractivity contribution in [1.29, 1.82) is 0 Å². The molecule has 0 unspecified atom stereocenters. The topological polar surface area (TPSA) is 18.5 Å². The minimum atomic E-state index is -0.401. The molecule has 0 aliphatic carbocycles. The average molecular weight is 272 g/mol. The minimum absolute atomic E-state index is 0.0287. The molecule has 1 aliphatic heterocycles. The molecule has 2 rings (SSSR count). The summed E-state index contributed by atoms with van der Waals surface area (Å²) in [6, 6.07) is 10.2. The molecule has 1 aromatic rings. The van der Waals surface area contributed by atoms with E-state index < -0.39 is 5.60 Å². The Hall–Kier alpha value is -1.38. The van der Waals surface area contributed by atoms with Crippen LogP contribution in [-0.4, -0.2) is 17.8 Å². The molecule has 1 heterocycles. The zero-order chi connectivity index (χ0) is 14.6. The second-order valence-corrected chi connectivity index (χ2v) is 5.78. The largest absolute Gasteiger partial charge is 0.369 e. The lowest BCUT2D eigenvalue weighted by molar-refractivity contribution is -0.276. The highest BCUT2D eigenvalue weighted by atomic mass is 16.6.